The number of carbonyl (C=O) groups is 4. The number of aliphatic carboxylic acids is 1. The number of carboxylic acids is 1. The minimum Gasteiger partial charge on any atom is -0.508 e. The fourth-order valence-corrected chi connectivity index (χ4v) is 3.73. The molecule has 2 aromatic carbocycles. The summed E-state index contributed by atoms with van der Waals surface area (Å²) in [5, 5.41) is 36.4. The van der Waals surface area contributed by atoms with E-state index in [-0.39, 0.29) is 18.6 Å². The molecule has 0 saturated heterocycles. The Morgan fingerprint density at radius 1 is 0.763 bits per heavy atom. The number of aliphatic hydroxyl groups excluding tert-OH is 1. The topological polar surface area (TPSA) is 191 Å². The first-order valence-corrected chi connectivity index (χ1v) is 12.3. The van der Waals surface area contributed by atoms with E-state index in [0.29, 0.717) is 5.56 Å². The van der Waals surface area contributed by atoms with E-state index in [9.17, 15) is 34.5 Å². The maximum absolute atomic E-state index is 13.3. The predicted octanol–water partition coefficient (Wildman–Crippen LogP) is 0.0805. The van der Waals surface area contributed by atoms with Crippen LogP contribution in [0.3, 0.4) is 0 Å². The van der Waals surface area contributed by atoms with E-state index < -0.39 is 59.9 Å². The number of nitrogens with one attached hydrogen (secondary N) is 3. The second kappa shape index (κ2) is 14.1. The Labute approximate surface area is 221 Å². The van der Waals surface area contributed by atoms with Crippen molar-refractivity contribution in [3.8, 4) is 5.75 Å². The minimum atomic E-state index is -1.47. The van der Waals surface area contributed by atoms with E-state index in [2.05, 4.69) is 16.0 Å². The molecule has 0 aromatic heterocycles. The Kier molecular flexibility index (Phi) is 11.2. The van der Waals surface area contributed by atoms with Gasteiger partial charge in [0.05, 0.1) is 12.1 Å². The number of aromatic hydroxyl groups is 1. The number of carbonyl (C=O) groups excluding carboxylic acids is 3. The molecule has 0 spiro atoms. The van der Waals surface area contributed by atoms with Gasteiger partial charge in [-0.25, -0.2) is 4.79 Å². The van der Waals surface area contributed by atoms with Crippen molar-refractivity contribution in [1.82, 2.24) is 16.0 Å². The minimum absolute atomic E-state index is 0.0717. The third kappa shape index (κ3) is 9.16. The lowest BCUT2D eigenvalue weighted by atomic mass is 10.0. The van der Waals surface area contributed by atoms with Gasteiger partial charge in [0.25, 0.3) is 0 Å². The van der Waals surface area contributed by atoms with Crippen LogP contribution in [0, 0.1) is 5.92 Å². The summed E-state index contributed by atoms with van der Waals surface area (Å²) in [7, 11) is 0. The van der Waals surface area contributed by atoms with Crippen molar-refractivity contribution in [3.05, 3.63) is 65.7 Å². The van der Waals surface area contributed by atoms with Crippen LogP contribution in [-0.4, -0.2) is 69.3 Å². The van der Waals surface area contributed by atoms with Crippen LogP contribution in [-0.2, 0) is 32.0 Å². The molecule has 3 amide bonds. The monoisotopic (exact) mass is 528 g/mol. The van der Waals surface area contributed by atoms with Gasteiger partial charge < -0.3 is 37.0 Å². The Morgan fingerprint density at radius 3 is 1.84 bits per heavy atom. The summed E-state index contributed by atoms with van der Waals surface area (Å²) >= 11 is 0. The van der Waals surface area contributed by atoms with Gasteiger partial charge in [-0.05, 0) is 42.5 Å². The van der Waals surface area contributed by atoms with Gasteiger partial charge in [0.2, 0.25) is 17.7 Å². The van der Waals surface area contributed by atoms with Crippen LogP contribution >= 0.6 is 0 Å². The van der Waals surface area contributed by atoms with E-state index in [0.717, 1.165) is 5.56 Å². The van der Waals surface area contributed by atoms with Crippen molar-refractivity contribution in [2.24, 2.45) is 11.7 Å². The maximum Gasteiger partial charge on any atom is 0.326 e. The van der Waals surface area contributed by atoms with Crippen molar-refractivity contribution in [3.63, 3.8) is 0 Å². The van der Waals surface area contributed by atoms with E-state index >= 15 is 0 Å². The van der Waals surface area contributed by atoms with Crippen molar-refractivity contribution in [2.75, 3.05) is 0 Å². The van der Waals surface area contributed by atoms with Crippen LogP contribution in [0.4, 0.5) is 0 Å². The lowest BCUT2D eigenvalue weighted by molar-refractivity contribution is -0.144. The first-order valence-electron chi connectivity index (χ1n) is 12.3. The number of aliphatic hydroxyl groups is 1. The zero-order chi connectivity index (χ0) is 28.4. The van der Waals surface area contributed by atoms with E-state index in [1.54, 1.807) is 56.3 Å². The lowest BCUT2D eigenvalue weighted by Gasteiger charge is -2.27. The Balaban J connectivity index is 2.19. The quantitative estimate of drug-likeness (QED) is 0.190. The molecule has 206 valence electrons. The highest BCUT2D eigenvalue weighted by atomic mass is 16.4. The van der Waals surface area contributed by atoms with Crippen LogP contribution in [0.2, 0.25) is 0 Å². The first-order chi connectivity index (χ1) is 17.9. The number of carboxylic acid groups (broad SMARTS) is 1. The number of hydrogen-bond acceptors (Lipinski definition) is 7. The summed E-state index contributed by atoms with van der Waals surface area (Å²) in [4.78, 5) is 50.5. The number of hydrogen-bond donors (Lipinski definition) is 7. The molecule has 0 fully saturated rings. The van der Waals surface area contributed by atoms with Crippen molar-refractivity contribution < 1.29 is 34.5 Å². The zero-order valence-electron chi connectivity index (χ0n) is 21.6. The molecule has 5 unspecified atom stereocenters. The molecule has 0 aliphatic carbocycles. The number of phenolic OH excluding ortho intramolecular Hbond substituents is 1. The summed E-state index contributed by atoms with van der Waals surface area (Å²) < 4.78 is 0. The number of rotatable bonds is 13. The highest BCUT2D eigenvalue weighted by Gasteiger charge is 2.33. The molecule has 0 aliphatic rings. The van der Waals surface area contributed by atoms with Gasteiger partial charge in [0.1, 0.15) is 23.9 Å². The molecule has 5 atom stereocenters. The van der Waals surface area contributed by atoms with Crippen LogP contribution in [0.25, 0.3) is 0 Å². The van der Waals surface area contributed by atoms with Gasteiger partial charge in [-0.1, -0.05) is 56.3 Å². The summed E-state index contributed by atoms with van der Waals surface area (Å²) in [5.74, 6) is -3.85. The van der Waals surface area contributed by atoms with Gasteiger partial charge in [-0.3, -0.25) is 14.4 Å². The average molecular weight is 529 g/mol. The van der Waals surface area contributed by atoms with Crippen LogP contribution in [0.5, 0.6) is 5.75 Å². The highest BCUT2D eigenvalue weighted by molar-refractivity contribution is 5.94. The standard InChI is InChI=1S/C27H36N4O7/c1-15(2)22(27(37)38)30-26(36)23(16(3)32)31-25(35)21(14-17-7-5-4-6-8-17)29-24(34)20(28)13-18-9-11-19(33)12-10-18/h4-12,15-16,20-23,32-33H,13-14,28H2,1-3H3,(H,29,34)(H,30,36)(H,31,35)(H,37,38). The first kappa shape index (κ1) is 30.3. The second-order valence-electron chi connectivity index (χ2n) is 9.52. The predicted molar refractivity (Wildman–Crippen MR) is 140 cm³/mol. The summed E-state index contributed by atoms with van der Waals surface area (Å²) in [6.07, 6.45) is -1.14. The van der Waals surface area contributed by atoms with Gasteiger partial charge in [-0.2, -0.15) is 0 Å². The van der Waals surface area contributed by atoms with E-state index in [1.807, 2.05) is 0 Å². The van der Waals surface area contributed by atoms with Crippen molar-refractivity contribution >= 4 is 23.7 Å². The fourth-order valence-electron chi connectivity index (χ4n) is 3.73. The molecule has 0 radical (unpaired) electrons. The largest absolute Gasteiger partial charge is 0.508 e. The highest BCUT2D eigenvalue weighted by Crippen LogP contribution is 2.12. The lowest BCUT2D eigenvalue weighted by Crippen LogP contribution is -2.60. The molecule has 11 nitrogen and oxygen atoms in total. The van der Waals surface area contributed by atoms with Gasteiger partial charge in [0.15, 0.2) is 0 Å². The third-order valence-electron chi connectivity index (χ3n) is 5.94. The summed E-state index contributed by atoms with van der Waals surface area (Å²) in [6, 6.07) is 10.2. The molecule has 2 aromatic rings. The summed E-state index contributed by atoms with van der Waals surface area (Å²) in [6.45, 7) is 4.51. The number of amides is 3. The normalized spacial score (nSPS) is 15.0. The van der Waals surface area contributed by atoms with E-state index in [1.165, 1.54) is 19.1 Å². The fraction of sp³-hybridized carbons (Fsp3) is 0.407. The average Bonchev–Trinajstić information content (AvgIpc) is 2.86. The molecule has 0 bridgehead atoms. The molecule has 8 N–H and O–H groups in total. The molecule has 38 heavy (non-hydrogen) atoms. The Bertz CT molecular complexity index is 1090. The molecular weight excluding hydrogens is 492 g/mol. The van der Waals surface area contributed by atoms with Gasteiger partial charge in [0, 0.05) is 6.42 Å². The maximum atomic E-state index is 13.3. The van der Waals surface area contributed by atoms with E-state index in [4.69, 9.17) is 5.73 Å². The second-order valence-corrected chi connectivity index (χ2v) is 9.52. The molecule has 0 aliphatic heterocycles. The molecule has 11 heteroatoms. The van der Waals surface area contributed by atoms with Gasteiger partial charge >= 0.3 is 5.97 Å². The zero-order valence-corrected chi connectivity index (χ0v) is 21.6. The Hall–Kier alpha value is -3.96. The molecule has 0 saturated carbocycles. The van der Waals surface area contributed by atoms with Crippen LogP contribution < -0.4 is 21.7 Å². The van der Waals surface area contributed by atoms with Crippen LogP contribution in [0.15, 0.2) is 54.6 Å². The third-order valence-corrected chi connectivity index (χ3v) is 5.94. The van der Waals surface area contributed by atoms with Gasteiger partial charge in [-0.15, -0.1) is 0 Å². The number of phenols is 1. The molecule has 0 heterocycles. The SMILES string of the molecule is CC(C)C(NC(=O)C(NC(=O)C(Cc1ccccc1)NC(=O)C(N)Cc1ccc(O)cc1)C(C)O)C(=O)O. The number of nitrogens with two attached hydrogens (primary N) is 1. The smallest absolute Gasteiger partial charge is 0.326 e. The Morgan fingerprint density at radius 2 is 1.32 bits per heavy atom. The van der Waals surface area contributed by atoms with Crippen LogP contribution in [0.1, 0.15) is 31.9 Å². The molecule has 2 rings (SSSR count). The van der Waals surface area contributed by atoms with Crippen molar-refractivity contribution in [1.29, 1.82) is 0 Å². The van der Waals surface area contributed by atoms with Crippen molar-refractivity contribution in [2.45, 2.75) is 63.9 Å². The number of benzene rings is 2. The molecular formula is C27H36N4O7. The summed E-state index contributed by atoms with van der Waals surface area (Å²) in [5.41, 5.74) is 7.51.